The molecule has 0 aromatic carbocycles. The molecule has 0 aliphatic heterocycles. The maximum absolute atomic E-state index is 5.71. The van der Waals surface area contributed by atoms with E-state index in [4.69, 9.17) is 10.6 Å². The third-order valence-electron chi connectivity index (χ3n) is 4.79. The molecule has 0 heterocycles. The average Bonchev–Trinajstić information content (AvgIpc) is 2.38. The minimum Gasteiger partial charge on any atom is -0.377 e. The van der Waals surface area contributed by atoms with Gasteiger partial charge in [0.15, 0.2) is 0 Å². The molecule has 1 rings (SSSR count). The van der Waals surface area contributed by atoms with Gasteiger partial charge in [-0.2, -0.15) is 0 Å². The van der Waals surface area contributed by atoms with E-state index in [1.165, 1.54) is 57.8 Å². The molecule has 0 amide bonds. The Morgan fingerprint density at radius 3 is 2.05 bits per heavy atom. The van der Waals surface area contributed by atoms with Gasteiger partial charge in [-0.25, -0.2) is 0 Å². The fraction of sp³-hybridized carbons (Fsp3) is 1.00. The summed E-state index contributed by atoms with van der Waals surface area (Å²) >= 11 is 0. The van der Waals surface area contributed by atoms with E-state index in [9.17, 15) is 0 Å². The minimum atomic E-state index is 0.0376. The molecule has 0 bridgehead atoms. The Morgan fingerprint density at radius 2 is 1.63 bits per heavy atom. The summed E-state index contributed by atoms with van der Waals surface area (Å²) in [7, 11) is 1.83. The predicted molar refractivity (Wildman–Crippen MR) is 81.9 cm³/mol. The van der Waals surface area contributed by atoms with Crippen molar-refractivity contribution in [1.82, 2.24) is 5.43 Å². The van der Waals surface area contributed by atoms with Gasteiger partial charge < -0.3 is 4.74 Å². The number of hydrogen-bond donors (Lipinski definition) is 2. The number of methoxy groups -OCH3 is 1. The maximum Gasteiger partial charge on any atom is 0.0844 e. The first-order chi connectivity index (χ1) is 9.29. The molecular formula is C16H34N2O. The van der Waals surface area contributed by atoms with E-state index in [1.807, 2.05) is 7.11 Å². The molecule has 0 aromatic rings. The number of hydrogen-bond acceptors (Lipinski definition) is 3. The summed E-state index contributed by atoms with van der Waals surface area (Å²) < 4.78 is 5.71. The summed E-state index contributed by atoms with van der Waals surface area (Å²) in [4.78, 5) is 0. The lowest BCUT2D eigenvalue weighted by Crippen LogP contribution is -2.58. The molecule has 0 radical (unpaired) electrons. The summed E-state index contributed by atoms with van der Waals surface area (Å²) in [5, 5.41) is 0. The average molecular weight is 270 g/mol. The van der Waals surface area contributed by atoms with Crippen LogP contribution in [0.5, 0.6) is 0 Å². The van der Waals surface area contributed by atoms with Gasteiger partial charge in [0.1, 0.15) is 0 Å². The fourth-order valence-corrected chi connectivity index (χ4v) is 3.20. The van der Waals surface area contributed by atoms with Crippen LogP contribution in [0.25, 0.3) is 0 Å². The first kappa shape index (κ1) is 16.9. The van der Waals surface area contributed by atoms with Crippen LogP contribution in [-0.2, 0) is 4.74 Å². The molecule has 1 aliphatic carbocycles. The Labute approximate surface area is 119 Å². The highest BCUT2D eigenvalue weighted by atomic mass is 16.5. The van der Waals surface area contributed by atoms with Crippen LogP contribution in [0.2, 0.25) is 0 Å². The van der Waals surface area contributed by atoms with Gasteiger partial charge in [0, 0.05) is 7.11 Å². The second-order valence-electron chi connectivity index (χ2n) is 6.11. The molecule has 114 valence electrons. The molecule has 1 fully saturated rings. The second kappa shape index (κ2) is 9.73. The summed E-state index contributed by atoms with van der Waals surface area (Å²) in [5.41, 5.74) is 3.03. The van der Waals surface area contributed by atoms with Crippen LogP contribution in [0.4, 0.5) is 0 Å². The van der Waals surface area contributed by atoms with Crippen molar-refractivity contribution in [3.63, 3.8) is 0 Å². The molecule has 1 saturated carbocycles. The van der Waals surface area contributed by atoms with Crippen LogP contribution in [0, 0.1) is 0 Å². The minimum absolute atomic E-state index is 0.0376. The van der Waals surface area contributed by atoms with E-state index in [-0.39, 0.29) is 5.60 Å². The Hall–Kier alpha value is -0.120. The van der Waals surface area contributed by atoms with E-state index in [0.717, 1.165) is 19.3 Å². The first-order valence-corrected chi connectivity index (χ1v) is 8.30. The van der Waals surface area contributed by atoms with Crippen molar-refractivity contribution in [2.45, 2.75) is 95.6 Å². The van der Waals surface area contributed by atoms with Crippen LogP contribution in [0.3, 0.4) is 0 Å². The zero-order chi connectivity index (χ0) is 14.0. The number of rotatable bonds is 12. The molecule has 1 aliphatic rings. The maximum atomic E-state index is 5.71. The molecule has 19 heavy (non-hydrogen) atoms. The predicted octanol–water partition coefficient (Wildman–Crippen LogP) is 3.92. The number of ether oxygens (including phenoxy) is 1. The van der Waals surface area contributed by atoms with Crippen molar-refractivity contribution in [2.75, 3.05) is 7.11 Å². The number of unbranched alkanes of at least 4 members (excludes halogenated alkanes) is 7. The van der Waals surface area contributed by atoms with Crippen molar-refractivity contribution >= 4 is 0 Å². The SMILES string of the molecule is CCCCCCCCCCC(NN)C1(OC)CCC1. The van der Waals surface area contributed by atoms with Crippen molar-refractivity contribution < 1.29 is 4.74 Å². The molecule has 0 spiro atoms. The van der Waals surface area contributed by atoms with Crippen molar-refractivity contribution in [3.05, 3.63) is 0 Å². The van der Waals surface area contributed by atoms with E-state index in [0.29, 0.717) is 6.04 Å². The van der Waals surface area contributed by atoms with E-state index in [2.05, 4.69) is 12.3 Å². The standard InChI is InChI=1S/C16H34N2O/c1-3-4-5-6-7-8-9-10-12-15(18-17)16(19-2)13-11-14-16/h15,18H,3-14,17H2,1-2H3. The van der Waals surface area contributed by atoms with Gasteiger partial charge >= 0.3 is 0 Å². The molecular weight excluding hydrogens is 236 g/mol. The van der Waals surface area contributed by atoms with Crippen LogP contribution in [0.15, 0.2) is 0 Å². The smallest absolute Gasteiger partial charge is 0.0844 e. The van der Waals surface area contributed by atoms with E-state index in [1.54, 1.807) is 0 Å². The summed E-state index contributed by atoms with van der Waals surface area (Å²) in [5.74, 6) is 5.71. The molecule has 3 heteroatoms. The zero-order valence-electron chi connectivity index (χ0n) is 13.0. The van der Waals surface area contributed by atoms with Crippen molar-refractivity contribution in [3.8, 4) is 0 Å². The largest absolute Gasteiger partial charge is 0.377 e. The lowest BCUT2D eigenvalue weighted by Gasteiger charge is -2.46. The molecule has 1 unspecified atom stereocenters. The zero-order valence-corrected chi connectivity index (χ0v) is 13.0. The highest BCUT2D eigenvalue weighted by Crippen LogP contribution is 2.39. The number of hydrazine groups is 1. The van der Waals surface area contributed by atoms with E-state index >= 15 is 0 Å². The highest BCUT2D eigenvalue weighted by molar-refractivity contribution is 4.98. The summed E-state index contributed by atoms with van der Waals surface area (Å²) in [6, 6.07) is 0.339. The second-order valence-corrected chi connectivity index (χ2v) is 6.11. The fourth-order valence-electron chi connectivity index (χ4n) is 3.20. The quantitative estimate of drug-likeness (QED) is 0.321. The van der Waals surface area contributed by atoms with Crippen LogP contribution in [-0.4, -0.2) is 18.8 Å². The highest BCUT2D eigenvalue weighted by Gasteiger charge is 2.43. The molecule has 3 nitrogen and oxygen atoms in total. The van der Waals surface area contributed by atoms with Crippen molar-refractivity contribution in [2.24, 2.45) is 5.84 Å². The molecule has 0 aromatic heterocycles. The topological polar surface area (TPSA) is 47.3 Å². The Bertz CT molecular complexity index is 211. The third-order valence-corrected chi connectivity index (χ3v) is 4.79. The lowest BCUT2D eigenvalue weighted by atomic mass is 9.73. The van der Waals surface area contributed by atoms with Gasteiger partial charge in [-0.05, 0) is 25.7 Å². The van der Waals surface area contributed by atoms with Gasteiger partial charge in [-0.3, -0.25) is 11.3 Å². The van der Waals surface area contributed by atoms with Gasteiger partial charge in [0.2, 0.25) is 0 Å². The molecule has 0 saturated heterocycles. The monoisotopic (exact) mass is 270 g/mol. The Balaban J connectivity index is 2.03. The van der Waals surface area contributed by atoms with Crippen LogP contribution >= 0.6 is 0 Å². The lowest BCUT2D eigenvalue weighted by molar-refractivity contribution is -0.100. The summed E-state index contributed by atoms with van der Waals surface area (Å²) in [6.45, 7) is 2.27. The van der Waals surface area contributed by atoms with Crippen LogP contribution < -0.4 is 11.3 Å². The van der Waals surface area contributed by atoms with Gasteiger partial charge in [0.25, 0.3) is 0 Å². The molecule has 3 N–H and O–H groups in total. The normalized spacial score (nSPS) is 19.1. The Morgan fingerprint density at radius 1 is 1.05 bits per heavy atom. The van der Waals surface area contributed by atoms with Crippen molar-refractivity contribution in [1.29, 1.82) is 0 Å². The number of nitrogens with one attached hydrogen (secondary N) is 1. The van der Waals surface area contributed by atoms with E-state index < -0.39 is 0 Å². The summed E-state index contributed by atoms with van der Waals surface area (Å²) in [6.07, 6.45) is 15.7. The van der Waals surface area contributed by atoms with Gasteiger partial charge in [0.05, 0.1) is 11.6 Å². The third kappa shape index (κ3) is 5.41. The van der Waals surface area contributed by atoms with Gasteiger partial charge in [-0.1, -0.05) is 58.3 Å². The Kier molecular flexibility index (Phi) is 8.67. The van der Waals surface area contributed by atoms with Crippen LogP contribution in [0.1, 0.15) is 84.0 Å². The number of nitrogens with two attached hydrogens (primary N) is 1. The first-order valence-electron chi connectivity index (χ1n) is 8.30. The van der Waals surface area contributed by atoms with Gasteiger partial charge in [-0.15, -0.1) is 0 Å². The molecule has 1 atom stereocenters.